The van der Waals surface area contributed by atoms with Crippen LogP contribution in [0.2, 0.25) is 0 Å². The molecule has 0 spiro atoms. The van der Waals surface area contributed by atoms with Crippen molar-refractivity contribution in [3.05, 3.63) is 77.1 Å². The summed E-state index contributed by atoms with van der Waals surface area (Å²) in [6.07, 6.45) is 3.66. The lowest BCUT2D eigenvalue weighted by molar-refractivity contribution is -0.170. The minimum Gasteiger partial charge on any atom is -0.373 e. The maximum absolute atomic E-state index is 7.37. The highest BCUT2D eigenvalue weighted by atomic mass is 16.5. The first-order valence-electron chi connectivity index (χ1n) is 9.55. The van der Waals surface area contributed by atoms with Gasteiger partial charge in [-0.1, -0.05) is 61.0 Å². The van der Waals surface area contributed by atoms with E-state index < -0.39 is 0 Å². The van der Waals surface area contributed by atoms with E-state index in [0.29, 0.717) is 17.5 Å². The summed E-state index contributed by atoms with van der Waals surface area (Å²) in [6.45, 7) is 10.5. The van der Waals surface area contributed by atoms with Crippen LogP contribution in [0.3, 0.4) is 0 Å². The maximum atomic E-state index is 7.37. The zero-order valence-electron chi connectivity index (χ0n) is 15.4. The Hall–Kier alpha value is -2.15. The summed E-state index contributed by atoms with van der Waals surface area (Å²) >= 11 is 0. The molecule has 0 N–H and O–H groups in total. The molecule has 2 aliphatic rings. The fourth-order valence-corrected chi connectivity index (χ4v) is 5.24. The average Bonchev–Trinajstić information content (AvgIpc) is 2.68. The molecule has 26 heavy (non-hydrogen) atoms. The Morgan fingerprint density at radius 3 is 2.46 bits per heavy atom. The number of likely N-dealkylation sites (tertiary alicyclic amines) is 1. The first-order chi connectivity index (χ1) is 12.8. The second-order valence-electron chi connectivity index (χ2n) is 7.66. The molecule has 1 saturated carbocycles. The van der Waals surface area contributed by atoms with E-state index in [4.69, 9.17) is 11.3 Å². The fraction of sp³-hybridized carbons (Fsp3) is 0.435. The van der Waals surface area contributed by atoms with E-state index in [9.17, 15) is 0 Å². The number of ether oxygens (including phenoxy) is 1. The third kappa shape index (κ3) is 2.94. The summed E-state index contributed by atoms with van der Waals surface area (Å²) in [4.78, 5) is 6.24. The number of rotatable bonds is 4. The topological polar surface area (TPSA) is 16.8 Å². The molecule has 1 aliphatic heterocycles. The van der Waals surface area contributed by atoms with Gasteiger partial charge >= 0.3 is 0 Å². The Morgan fingerprint density at radius 2 is 1.81 bits per heavy atom. The van der Waals surface area contributed by atoms with Crippen LogP contribution in [-0.4, -0.2) is 25.1 Å². The number of fused-ring (bicyclic) bond motifs is 2. The minimum absolute atomic E-state index is 0.244. The van der Waals surface area contributed by atoms with Gasteiger partial charge < -0.3 is 4.74 Å². The van der Waals surface area contributed by atoms with Gasteiger partial charge in [-0.05, 0) is 24.0 Å². The van der Waals surface area contributed by atoms with Crippen molar-refractivity contribution in [3.8, 4) is 0 Å². The molecule has 4 rings (SSSR count). The number of piperidine rings is 1. The fourth-order valence-electron chi connectivity index (χ4n) is 5.24. The first kappa shape index (κ1) is 17.3. The first-order valence-corrected chi connectivity index (χ1v) is 9.55. The number of nitrogens with zero attached hydrogens (tertiary/aromatic N) is 2. The van der Waals surface area contributed by atoms with Crippen molar-refractivity contribution in [2.24, 2.45) is 11.8 Å². The predicted molar refractivity (Wildman–Crippen MR) is 104 cm³/mol. The van der Waals surface area contributed by atoms with E-state index in [1.54, 1.807) is 0 Å². The van der Waals surface area contributed by atoms with Crippen LogP contribution in [0.5, 0.6) is 0 Å². The Balaban J connectivity index is 1.64. The van der Waals surface area contributed by atoms with Crippen molar-refractivity contribution in [1.29, 1.82) is 0 Å². The number of benzene rings is 2. The molecule has 2 fully saturated rings. The van der Waals surface area contributed by atoms with Crippen LogP contribution in [0.4, 0.5) is 5.69 Å². The second kappa shape index (κ2) is 7.23. The van der Waals surface area contributed by atoms with Crippen LogP contribution in [0.15, 0.2) is 54.6 Å². The molecule has 2 bridgehead atoms. The SMILES string of the molecule is [C-]#[N+]c1cccc(C2(OC)C3CCCC2CN(Cc2ccccc2)C3)c1. The van der Waals surface area contributed by atoms with Gasteiger partial charge in [-0.3, -0.25) is 4.90 Å². The van der Waals surface area contributed by atoms with E-state index >= 15 is 0 Å². The van der Waals surface area contributed by atoms with E-state index in [1.165, 1.54) is 30.4 Å². The molecule has 2 unspecified atom stereocenters. The molecule has 134 valence electrons. The van der Waals surface area contributed by atoms with E-state index in [0.717, 1.165) is 19.6 Å². The third-order valence-corrected chi connectivity index (χ3v) is 6.29. The standard InChI is InChI=1S/C23H26N2O/c1-24-22-13-7-10-19(14-22)23(26-2)20-11-6-12-21(23)17-25(16-20)15-18-8-4-3-5-9-18/h3-5,7-10,13-14,20-21H,6,11-12,15-17H2,2H3. The van der Waals surface area contributed by atoms with Crippen molar-refractivity contribution in [2.45, 2.75) is 31.4 Å². The van der Waals surface area contributed by atoms with Crippen LogP contribution >= 0.6 is 0 Å². The molecule has 0 amide bonds. The lowest BCUT2D eigenvalue weighted by atomic mass is 9.62. The van der Waals surface area contributed by atoms with Gasteiger partial charge in [0.15, 0.2) is 5.69 Å². The normalized spacial score (nSPS) is 28.5. The van der Waals surface area contributed by atoms with Crippen molar-refractivity contribution < 1.29 is 4.74 Å². The van der Waals surface area contributed by atoms with E-state index in [-0.39, 0.29) is 5.60 Å². The highest BCUT2D eigenvalue weighted by Gasteiger charge is 2.52. The van der Waals surface area contributed by atoms with Gasteiger partial charge in [-0.2, -0.15) is 0 Å². The molecule has 0 radical (unpaired) electrons. The van der Waals surface area contributed by atoms with Gasteiger partial charge in [0.05, 0.1) is 12.2 Å². The Kier molecular flexibility index (Phi) is 4.80. The zero-order chi connectivity index (χ0) is 18.0. The van der Waals surface area contributed by atoms with E-state index in [1.807, 2.05) is 19.2 Å². The Morgan fingerprint density at radius 1 is 1.08 bits per heavy atom. The molecule has 1 heterocycles. The van der Waals surface area contributed by atoms with Crippen molar-refractivity contribution in [3.63, 3.8) is 0 Å². The van der Waals surface area contributed by atoms with Gasteiger partial charge in [-0.25, -0.2) is 4.85 Å². The summed E-state index contributed by atoms with van der Waals surface area (Å²) in [5.41, 5.74) is 3.04. The van der Waals surface area contributed by atoms with Crippen LogP contribution in [0, 0.1) is 18.4 Å². The molecule has 2 aromatic carbocycles. The monoisotopic (exact) mass is 346 g/mol. The molecular formula is C23H26N2O. The van der Waals surface area contributed by atoms with E-state index in [2.05, 4.69) is 52.2 Å². The number of hydrogen-bond donors (Lipinski definition) is 0. The number of methoxy groups -OCH3 is 1. The minimum atomic E-state index is -0.244. The van der Waals surface area contributed by atoms with Crippen LogP contribution in [0.1, 0.15) is 30.4 Å². The quantitative estimate of drug-likeness (QED) is 0.724. The lowest BCUT2D eigenvalue weighted by Gasteiger charge is -2.55. The van der Waals surface area contributed by atoms with Gasteiger partial charge in [0, 0.05) is 38.6 Å². The molecule has 1 saturated heterocycles. The highest BCUT2D eigenvalue weighted by molar-refractivity contribution is 5.48. The Bertz CT molecular complexity index is 781. The molecule has 2 aromatic rings. The summed E-state index contributed by atoms with van der Waals surface area (Å²) < 4.78 is 6.30. The van der Waals surface area contributed by atoms with Crippen molar-refractivity contribution >= 4 is 5.69 Å². The molecule has 2 atom stereocenters. The predicted octanol–water partition coefficient (Wildman–Crippen LogP) is 5.01. The maximum Gasteiger partial charge on any atom is 0.187 e. The summed E-state index contributed by atoms with van der Waals surface area (Å²) in [7, 11) is 1.86. The van der Waals surface area contributed by atoms with Crippen molar-refractivity contribution in [2.75, 3.05) is 20.2 Å². The summed E-state index contributed by atoms with van der Waals surface area (Å²) in [5.74, 6) is 0.953. The molecular weight excluding hydrogens is 320 g/mol. The third-order valence-electron chi connectivity index (χ3n) is 6.29. The van der Waals surface area contributed by atoms with Crippen LogP contribution < -0.4 is 0 Å². The average molecular weight is 346 g/mol. The van der Waals surface area contributed by atoms with Gasteiger partial charge in [0.1, 0.15) is 0 Å². The van der Waals surface area contributed by atoms with Crippen molar-refractivity contribution in [1.82, 2.24) is 4.90 Å². The van der Waals surface area contributed by atoms with Gasteiger partial charge in [0.25, 0.3) is 0 Å². The highest BCUT2D eigenvalue weighted by Crippen LogP contribution is 2.52. The molecule has 3 nitrogen and oxygen atoms in total. The second-order valence-corrected chi connectivity index (χ2v) is 7.66. The van der Waals surface area contributed by atoms with Crippen LogP contribution in [0.25, 0.3) is 4.85 Å². The van der Waals surface area contributed by atoms with Crippen LogP contribution in [-0.2, 0) is 16.9 Å². The largest absolute Gasteiger partial charge is 0.373 e. The number of hydrogen-bond acceptors (Lipinski definition) is 2. The molecule has 0 aromatic heterocycles. The van der Waals surface area contributed by atoms with Gasteiger partial charge in [-0.15, -0.1) is 0 Å². The summed E-state index contributed by atoms with van der Waals surface area (Å²) in [6, 6.07) is 18.9. The lowest BCUT2D eigenvalue weighted by Crippen LogP contribution is -2.58. The zero-order valence-corrected chi connectivity index (χ0v) is 15.4. The smallest absolute Gasteiger partial charge is 0.187 e. The summed E-state index contributed by atoms with van der Waals surface area (Å²) in [5, 5.41) is 0. The Labute approximate surface area is 156 Å². The molecule has 1 aliphatic carbocycles. The molecule has 3 heteroatoms. The van der Waals surface area contributed by atoms with Gasteiger partial charge in [0.2, 0.25) is 0 Å².